The zero-order chi connectivity index (χ0) is 17.6. The minimum Gasteiger partial charge on any atom is -0.456 e. The Morgan fingerprint density at radius 3 is 2.80 bits per heavy atom. The molecule has 0 spiro atoms. The maximum absolute atomic E-state index is 13.7. The number of para-hydroxylation sites is 1. The number of nitrogens with zero attached hydrogens (tertiary/aromatic N) is 1. The Morgan fingerprint density at radius 1 is 1.20 bits per heavy atom. The maximum atomic E-state index is 13.7. The third-order valence-electron chi connectivity index (χ3n) is 3.54. The van der Waals surface area contributed by atoms with E-state index in [1.165, 1.54) is 23.5 Å². The Bertz CT molecular complexity index is 866. The predicted molar refractivity (Wildman–Crippen MR) is 99.2 cm³/mol. The average molecular weight is 373 g/mol. The summed E-state index contributed by atoms with van der Waals surface area (Å²) in [6.07, 6.45) is 4.08. The first kappa shape index (κ1) is 17.6. The SMILES string of the molecule is CSc1ccccc1Oc1cc(F)ccc1CC(=O)Cc1nccs1. The van der Waals surface area contributed by atoms with Crippen LogP contribution >= 0.6 is 23.1 Å². The van der Waals surface area contributed by atoms with Gasteiger partial charge in [-0.1, -0.05) is 18.2 Å². The van der Waals surface area contributed by atoms with E-state index in [0.717, 1.165) is 9.90 Å². The lowest BCUT2D eigenvalue weighted by Gasteiger charge is -2.13. The van der Waals surface area contributed by atoms with Crippen molar-refractivity contribution < 1.29 is 13.9 Å². The highest BCUT2D eigenvalue weighted by molar-refractivity contribution is 7.98. The standard InChI is InChI=1S/C19H16FNO2S2/c1-24-18-5-3-2-4-16(18)23-17-11-14(20)7-6-13(17)10-15(22)12-19-21-8-9-25-19/h2-9,11H,10,12H2,1H3. The third-order valence-corrected chi connectivity index (χ3v) is 5.09. The zero-order valence-corrected chi connectivity index (χ0v) is 15.2. The van der Waals surface area contributed by atoms with E-state index in [-0.39, 0.29) is 18.6 Å². The number of hydrogen-bond donors (Lipinski definition) is 0. The van der Waals surface area contributed by atoms with Gasteiger partial charge in [0, 0.05) is 34.5 Å². The van der Waals surface area contributed by atoms with Gasteiger partial charge in [-0.2, -0.15) is 0 Å². The molecule has 0 aliphatic rings. The first-order chi connectivity index (χ1) is 12.2. The lowest BCUT2D eigenvalue weighted by molar-refractivity contribution is -0.117. The molecule has 0 saturated carbocycles. The van der Waals surface area contributed by atoms with Crippen LogP contribution in [0.25, 0.3) is 0 Å². The smallest absolute Gasteiger partial charge is 0.144 e. The molecule has 0 N–H and O–H groups in total. The summed E-state index contributed by atoms with van der Waals surface area (Å²) in [6.45, 7) is 0. The minimum atomic E-state index is -0.396. The average Bonchev–Trinajstić information content (AvgIpc) is 3.10. The molecule has 128 valence electrons. The van der Waals surface area contributed by atoms with Gasteiger partial charge in [-0.15, -0.1) is 23.1 Å². The van der Waals surface area contributed by atoms with Crippen molar-refractivity contribution in [3.63, 3.8) is 0 Å². The number of carbonyl (C=O) groups excluding carboxylic acids is 1. The molecule has 1 aromatic heterocycles. The lowest BCUT2D eigenvalue weighted by Crippen LogP contribution is -2.07. The maximum Gasteiger partial charge on any atom is 0.144 e. The van der Waals surface area contributed by atoms with Gasteiger partial charge in [-0.3, -0.25) is 4.79 Å². The van der Waals surface area contributed by atoms with Crippen molar-refractivity contribution in [2.24, 2.45) is 0 Å². The lowest BCUT2D eigenvalue weighted by atomic mass is 10.1. The van der Waals surface area contributed by atoms with Crippen LogP contribution in [0.15, 0.2) is 58.9 Å². The molecule has 0 radical (unpaired) electrons. The van der Waals surface area contributed by atoms with Gasteiger partial charge in [0.1, 0.15) is 23.1 Å². The Labute approximate surface area is 153 Å². The summed E-state index contributed by atoms with van der Waals surface area (Å²) < 4.78 is 19.6. The number of ether oxygens (including phenoxy) is 1. The fourth-order valence-corrected chi connectivity index (χ4v) is 3.55. The number of rotatable bonds is 7. The van der Waals surface area contributed by atoms with Crippen LogP contribution in [0.2, 0.25) is 0 Å². The number of thiazole rings is 1. The highest BCUT2D eigenvalue weighted by atomic mass is 32.2. The summed E-state index contributed by atoms with van der Waals surface area (Å²) in [7, 11) is 0. The van der Waals surface area contributed by atoms with E-state index >= 15 is 0 Å². The van der Waals surface area contributed by atoms with Gasteiger partial charge in [0.2, 0.25) is 0 Å². The molecule has 3 nitrogen and oxygen atoms in total. The number of hydrogen-bond acceptors (Lipinski definition) is 5. The van der Waals surface area contributed by atoms with E-state index in [1.807, 2.05) is 35.9 Å². The van der Waals surface area contributed by atoms with Gasteiger partial charge < -0.3 is 4.74 Å². The van der Waals surface area contributed by atoms with Crippen LogP contribution < -0.4 is 4.74 Å². The molecule has 3 aromatic rings. The molecule has 0 unspecified atom stereocenters. The molecule has 0 amide bonds. The van der Waals surface area contributed by atoms with E-state index in [1.54, 1.807) is 24.0 Å². The summed E-state index contributed by atoms with van der Waals surface area (Å²) in [4.78, 5) is 17.4. The van der Waals surface area contributed by atoms with Gasteiger partial charge in [-0.05, 0) is 24.5 Å². The van der Waals surface area contributed by atoms with Crippen molar-refractivity contribution in [1.29, 1.82) is 0 Å². The number of aromatic nitrogens is 1. The summed E-state index contributed by atoms with van der Waals surface area (Å²) in [6, 6.07) is 11.8. The molecule has 0 bridgehead atoms. The number of carbonyl (C=O) groups is 1. The molecule has 6 heteroatoms. The van der Waals surface area contributed by atoms with Crippen LogP contribution in [0.5, 0.6) is 11.5 Å². The van der Waals surface area contributed by atoms with E-state index < -0.39 is 5.82 Å². The molecule has 0 aliphatic carbocycles. The van der Waals surface area contributed by atoms with Crippen LogP contribution in [0.1, 0.15) is 10.6 Å². The first-order valence-electron chi connectivity index (χ1n) is 7.65. The van der Waals surface area contributed by atoms with Crippen LogP contribution in [-0.2, 0) is 17.6 Å². The van der Waals surface area contributed by atoms with E-state index in [0.29, 0.717) is 17.1 Å². The van der Waals surface area contributed by atoms with Crippen LogP contribution in [0, 0.1) is 5.82 Å². The van der Waals surface area contributed by atoms with Crippen molar-refractivity contribution in [3.8, 4) is 11.5 Å². The van der Waals surface area contributed by atoms with Crippen molar-refractivity contribution in [2.75, 3.05) is 6.26 Å². The second-order valence-corrected chi connectivity index (χ2v) is 7.15. The monoisotopic (exact) mass is 373 g/mol. The third kappa shape index (κ3) is 4.67. The summed E-state index contributed by atoms with van der Waals surface area (Å²) >= 11 is 3.00. The van der Waals surface area contributed by atoms with Gasteiger partial charge in [0.15, 0.2) is 0 Å². The zero-order valence-electron chi connectivity index (χ0n) is 13.6. The fraction of sp³-hybridized carbons (Fsp3) is 0.158. The highest BCUT2D eigenvalue weighted by Gasteiger charge is 2.14. The number of benzene rings is 2. The van der Waals surface area contributed by atoms with Crippen molar-refractivity contribution in [1.82, 2.24) is 4.98 Å². The Kier molecular flexibility index (Phi) is 5.83. The quantitative estimate of drug-likeness (QED) is 0.537. The summed E-state index contributed by atoms with van der Waals surface area (Å²) in [5.41, 5.74) is 0.666. The van der Waals surface area contributed by atoms with Gasteiger partial charge in [0.25, 0.3) is 0 Å². The molecule has 0 aliphatic heterocycles. The molecular weight excluding hydrogens is 357 g/mol. The molecule has 0 atom stereocenters. The van der Waals surface area contributed by atoms with Gasteiger partial charge in [0.05, 0.1) is 11.4 Å². The second kappa shape index (κ2) is 8.27. The topological polar surface area (TPSA) is 39.2 Å². The largest absolute Gasteiger partial charge is 0.456 e. The normalized spacial score (nSPS) is 10.6. The second-order valence-electron chi connectivity index (χ2n) is 5.32. The molecular formula is C19H16FNO2S2. The van der Waals surface area contributed by atoms with Crippen LogP contribution in [-0.4, -0.2) is 17.0 Å². The summed E-state index contributed by atoms with van der Waals surface area (Å²) in [5.74, 6) is 0.639. The van der Waals surface area contributed by atoms with E-state index in [2.05, 4.69) is 4.98 Å². The number of halogens is 1. The number of Topliss-reactive ketones (excluding diaryl/α,β-unsaturated/α-hetero) is 1. The molecule has 3 rings (SSSR count). The van der Waals surface area contributed by atoms with Gasteiger partial charge >= 0.3 is 0 Å². The van der Waals surface area contributed by atoms with E-state index in [4.69, 9.17) is 4.74 Å². The number of ketones is 1. The van der Waals surface area contributed by atoms with Gasteiger partial charge in [-0.25, -0.2) is 9.37 Å². The van der Waals surface area contributed by atoms with Crippen LogP contribution in [0.3, 0.4) is 0 Å². The summed E-state index contributed by atoms with van der Waals surface area (Å²) in [5, 5.41) is 2.62. The Morgan fingerprint density at radius 2 is 2.04 bits per heavy atom. The first-order valence-corrected chi connectivity index (χ1v) is 9.75. The van der Waals surface area contributed by atoms with E-state index in [9.17, 15) is 9.18 Å². The Hall–Kier alpha value is -2.18. The Balaban J connectivity index is 1.81. The molecule has 2 aromatic carbocycles. The predicted octanol–water partition coefficient (Wildman–Crippen LogP) is 5.15. The molecule has 0 saturated heterocycles. The number of thioether (sulfide) groups is 1. The minimum absolute atomic E-state index is 0.0181. The molecule has 1 heterocycles. The molecule has 0 fully saturated rings. The van der Waals surface area contributed by atoms with Crippen LogP contribution in [0.4, 0.5) is 4.39 Å². The fourth-order valence-electron chi connectivity index (χ4n) is 2.37. The molecule has 25 heavy (non-hydrogen) atoms. The van der Waals surface area contributed by atoms with Crippen molar-refractivity contribution in [3.05, 3.63) is 70.4 Å². The van der Waals surface area contributed by atoms with Crippen molar-refractivity contribution >= 4 is 28.9 Å². The van der Waals surface area contributed by atoms with Crippen molar-refractivity contribution in [2.45, 2.75) is 17.7 Å². The highest BCUT2D eigenvalue weighted by Crippen LogP contribution is 2.33.